The summed E-state index contributed by atoms with van der Waals surface area (Å²) in [5.74, 6) is 0. The maximum absolute atomic E-state index is 15.2. The van der Waals surface area contributed by atoms with Gasteiger partial charge in [0.15, 0.2) is 0 Å². The van der Waals surface area contributed by atoms with Crippen LogP contribution in [-0.4, -0.2) is 4.44 Å². The van der Waals surface area contributed by atoms with Crippen molar-refractivity contribution in [2.75, 3.05) is 0 Å². The lowest BCUT2D eigenvalue weighted by Gasteiger charge is -2.35. The first-order valence-electron chi connectivity index (χ1n) is 14.4. The molecule has 0 amide bonds. The van der Waals surface area contributed by atoms with Crippen molar-refractivity contribution in [1.82, 2.24) is 9.53 Å². The second-order valence-electron chi connectivity index (χ2n) is 10.1. The predicted molar refractivity (Wildman–Crippen MR) is 174 cm³/mol. The Balaban J connectivity index is 1.55. The van der Waals surface area contributed by atoms with E-state index in [4.69, 9.17) is 13.6 Å². The molecule has 5 aromatic rings. The van der Waals surface area contributed by atoms with Crippen LogP contribution in [0, 0.1) is 0 Å². The van der Waals surface area contributed by atoms with Gasteiger partial charge in [0.25, 0.3) is 0 Å². The molecule has 0 radical (unpaired) electrons. The van der Waals surface area contributed by atoms with Gasteiger partial charge >= 0.3 is 15.4 Å². The first kappa shape index (κ1) is 31.8. The number of rotatable bonds is 16. The van der Waals surface area contributed by atoms with E-state index in [2.05, 4.69) is 5.09 Å². The Morgan fingerprint density at radius 2 is 0.795 bits per heavy atom. The van der Waals surface area contributed by atoms with Gasteiger partial charge in [-0.1, -0.05) is 152 Å². The van der Waals surface area contributed by atoms with E-state index in [0.717, 1.165) is 27.8 Å². The van der Waals surface area contributed by atoms with Crippen molar-refractivity contribution >= 4 is 15.4 Å². The lowest BCUT2D eigenvalue weighted by atomic mass is 10.2. The maximum Gasteiger partial charge on any atom is 0.417 e. The highest BCUT2D eigenvalue weighted by atomic mass is 31.3. The third-order valence-electron chi connectivity index (χ3n) is 6.80. The summed E-state index contributed by atoms with van der Waals surface area (Å²) in [5.41, 5.74) is 4.07. The first-order chi connectivity index (χ1) is 21.5. The minimum atomic E-state index is -4.31. The number of nitrogens with zero attached hydrogens (tertiary/aromatic N) is 1. The summed E-state index contributed by atoms with van der Waals surface area (Å²) in [7, 11) is -8.43. The summed E-state index contributed by atoms with van der Waals surface area (Å²) >= 11 is 0. The van der Waals surface area contributed by atoms with Gasteiger partial charge in [-0.25, -0.2) is 9.65 Å². The van der Waals surface area contributed by atoms with Gasteiger partial charge in [-0.3, -0.25) is 13.6 Å². The molecular weight excluding hydrogens is 590 g/mol. The van der Waals surface area contributed by atoms with E-state index in [0.29, 0.717) is 0 Å². The first-order valence-corrected chi connectivity index (χ1v) is 17.5. The smallest absolute Gasteiger partial charge is 0.301 e. The van der Waals surface area contributed by atoms with Gasteiger partial charge in [0, 0.05) is 13.1 Å². The molecule has 0 aliphatic heterocycles. The zero-order valence-electron chi connectivity index (χ0n) is 24.4. The number of benzene rings is 5. The molecule has 0 aromatic heterocycles. The Morgan fingerprint density at radius 3 is 1.20 bits per heavy atom. The van der Waals surface area contributed by atoms with Crippen LogP contribution < -0.4 is 5.09 Å². The molecule has 1 unspecified atom stereocenters. The summed E-state index contributed by atoms with van der Waals surface area (Å²) in [6.07, 6.45) is 0. The van der Waals surface area contributed by atoms with Gasteiger partial charge < -0.3 is 4.52 Å². The van der Waals surface area contributed by atoms with Gasteiger partial charge in [0.05, 0.1) is 19.8 Å². The molecule has 9 heteroatoms. The Hall–Kier alpha value is -3.64. The van der Waals surface area contributed by atoms with E-state index in [-0.39, 0.29) is 32.9 Å². The topological polar surface area (TPSA) is 77.1 Å². The normalized spacial score (nSPS) is 13.0. The zero-order chi connectivity index (χ0) is 30.5. The second kappa shape index (κ2) is 15.9. The van der Waals surface area contributed by atoms with Gasteiger partial charge in [0.1, 0.15) is 0 Å². The average Bonchev–Trinajstić information content (AvgIpc) is 3.09. The van der Waals surface area contributed by atoms with Gasteiger partial charge in [-0.05, 0) is 27.8 Å². The summed E-state index contributed by atoms with van der Waals surface area (Å²) in [5, 5.41) is 3.13. The molecule has 5 aromatic carbocycles. The molecule has 0 saturated carbocycles. The number of hydrogen-bond acceptors (Lipinski definition) is 5. The molecule has 1 atom stereocenters. The molecule has 226 valence electrons. The highest BCUT2D eigenvalue weighted by Gasteiger charge is 2.47. The largest absolute Gasteiger partial charge is 0.417 e. The molecule has 0 aliphatic rings. The molecule has 44 heavy (non-hydrogen) atoms. The van der Waals surface area contributed by atoms with Crippen molar-refractivity contribution in [2.24, 2.45) is 0 Å². The molecule has 0 aliphatic carbocycles. The van der Waals surface area contributed by atoms with E-state index in [1.54, 1.807) is 0 Å². The van der Waals surface area contributed by atoms with Crippen molar-refractivity contribution in [2.45, 2.75) is 32.9 Å². The van der Waals surface area contributed by atoms with Crippen LogP contribution in [0.4, 0.5) is 0 Å². The third kappa shape index (κ3) is 9.18. The second-order valence-corrected chi connectivity index (χ2v) is 14.5. The van der Waals surface area contributed by atoms with Crippen LogP contribution >= 0.6 is 15.4 Å². The summed E-state index contributed by atoms with van der Waals surface area (Å²) in [6.45, 7) is 0.166. The molecule has 7 nitrogen and oxygen atoms in total. The van der Waals surface area contributed by atoms with E-state index >= 15 is 9.13 Å². The Morgan fingerprint density at radius 1 is 0.455 bits per heavy atom. The quantitative estimate of drug-likeness (QED) is 0.109. The van der Waals surface area contributed by atoms with Crippen molar-refractivity contribution in [3.63, 3.8) is 0 Å². The van der Waals surface area contributed by atoms with Crippen molar-refractivity contribution in [1.29, 1.82) is 0 Å². The van der Waals surface area contributed by atoms with E-state index < -0.39 is 15.4 Å². The number of nitrogens with one attached hydrogen (secondary N) is 1. The Labute approximate surface area is 259 Å². The summed E-state index contributed by atoms with van der Waals surface area (Å²) in [4.78, 5) is 0. The highest BCUT2D eigenvalue weighted by Crippen LogP contribution is 2.68. The minimum absolute atomic E-state index is 0.0164. The fourth-order valence-corrected chi connectivity index (χ4v) is 8.97. The van der Waals surface area contributed by atoms with Gasteiger partial charge in [-0.2, -0.15) is 0 Å². The van der Waals surface area contributed by atoms with Crippen LogP contribution in [0.3, 0.4) is 0 Å². The lowest BCUT2D eigenvalue weighted by molar-refractivity contribution is 0.153. The number of hydrogen-bond donors (Lipinski definition) is 1. The van der Waals surface area contributed by atoms with Crippen molar-refractivity contribution in [3.05, 3.63) is 179 Å². The van der Waals surface area contributed by atoms with Gasteiger partial charge in [0.2, 0.25) is 0 Å². The molecule has 0 fully saturated rings. The zero-order valence-corrected chi connectivity index (χ0v) is 26.1. The Kier molecular flexibility index (Phi) is 11.5. The van der Waals surface area contributed by atoms with Crippen LogP contribution in [0.15, 0.2) is 152 Å². The molecule has 0 heterocycles. The fourth-order valence-electron chi connectivity index (χ4n) is 4.42. The summed E-state index contributed by atoms with van der Waals surface area (Å²) in [6, 6.07) is 47.3. The van der Waals surface area contributed by atoms with Crippen LogP contribution in [-0.2, 0) is 55.6 Å². The van der Waals surface area contributed by atoms with Gasteiger partial charge in [-0.15, -0.1) is 4.44 Å². The third-order valence-corrected chi connectivity index (χ3v) is 11.6. The Bertz CT molecular complexity index is 1440. The van der Waals surface area contributed by atoms with E-state index in [1.165, 1.54) is 4.44 Å². The SMILES string of the molecule is O=P(NCc1ccccc1)(OCc1ccccc1)N(Cc1ccccc1)P(=O)(OCc1ccccc1)OCc1ccccc1. The van der Waals surface area contributed by atoms with E-state index in [1.807, 2.05) is 152 Å². The summed E-state index contributed by atoms with van der Waals surface area (Å²) < 4.78 is 50.2. The molecule has 0 bridgehead atoms. The standard InChI is InChI=1S/C35H36N2O5P2/c38-43(36-26-31-16-6-1-7-17-31,40-28-33-20-10-3-11-21-33)37(27-32-18-8-2-9-19-32)44(39,41-29-34-22-12-4-13-23-34)42-30-35-24-14-5-15-25-35/h1-25H,26-30H2,(H,36,38). The average molecular weight is 627 g/mol. The van der Waals surface area contributed by atoms with Crippen molar-refractivity contribution in [3.8, 4) is 0 Å². The van der Waals surface area contributed by atoms with E-state index in [9.17, 15) is 0 Å². The highest BCUT2D eigenvalue weighted by molar-refractivity contribution is 7.68. The minimum Gasteiger partial charge on any atom is -0.301 e. The maximum atomic E-state index is 15.2. The fraction of sp³-hybridized carbons (Fsp3) is 0.143. The van der Waals surface area contributed by atoms with Crippen LogP contribution in [0.1, 0.15) is 27.8 Å². The lowest BCUT2D eigenvalue weighted by Crippen LogP contribution is -2.29. The van der Waals surface area contributed by atoms with Crippen molar-refractivity contribution < 1.29 is 22.7 Å². The molecule has 0 spiro atoms. The predicted octanol–water partition coefficient (Wildman–Crippen LogP) is 9.14. The van der Waals surface area contributed by atoms with Crippen LogP contribution in [0.25, 0.3) is 0 Å². The molecule has 0 saturated heterocycles. The van der Waals surface area contributed by atoms with Crippen LogP contribution in [0.5, 0.6) is 0 Å². The monoisotopic (exact) mass is 626 g/mol. The van der Waals surface area contributed by atoms with Crippen LogP contribution in [0.2, 0.25) is 0 Å². The molecule has 1 N–H and O–H groups in total. The molecular formula is C35H36N2O5P2. The molecule has 5 rings (SSSR count).